The molecule has 1 fully saturated rings. The first-order chi connectivity index (χ1) is 11.1. The highest BCUT2D eigenvalue weighted by Crippen LogP contribution is 2.16. The highest BCUT2D eigenvalue weighted by atomic mass is 16.5. The number of carboxylic acid groups (broad SMARTS) is 1. The van der Waals surface area contributed by atoms with E-state index in [4.69, 9.17) is 19.3 Å². The van der Waals surface area contributed by atoms with Crippen molar-refractivity contribution in [3.05, 3.63) is 29.8 Å². The molecule has 0 aromatic heterocycles. The van der Waals surface area contributed by atoms with E-state index in [0.29, 0.717) is 37.7 Å². The molecule has 1 aromatic carbocycles. The minimum atomic E-state index is -0.929. The zero-order valence-electron chi connectivity index (χ0n) is 13.1. The third kappa shape index (κ3) is 5.22. The molecule has 126 valence electrons. The Morgan fingerprint density at radius 3 is 2.70 bits per heavy atom. The zero-order valence-corrected chi connectivity index (χ0v) is 13.1. The standard InChI is InChI=1S/C16H21NO6/c1-21-8-9-23-13-4-2-12(3-5-13)16(20)17-6-7-22-14(11-17)10-15(18)19/h2-5,14H,6-11H2,1H3,(H,18,19)/t14-/m1/s1. The molecule has 0 aliphatic carbocycles. The van der Waals surface area contributed by atoms with Gasteiger partial charge in [0.1, 0.15) is 12.4 Å². The number of nitrogens with zero attached hydrogens (tertiary/aromatic N) is 1. The molecule has 7 nitrogen and oxygen atoms in total. The van der Waals surface area contributed by atoms with E-state index in [0.717, 1.165) is 0 Å². The summed E-state index contributed by atoms with van der Waals surface area (Å²) in [6.45, 7) is 2.05. The average Bonchev–Trinajstić information content (AvgIpc) is 2.55. The van der Waals surface area contributed by atoms with Gasteiger partial charge in [0.25, 0.3) is 5.91 Å². The van der Waals surface area contributed by atoms with Crippen molar-refractivity contribution in [1.29, 1.82) is 0 Å². The fourth-order valence-electron chi connectivity index (χ4n) is 2.34. The zero-order chi connectivity index (χ0) is 16.7. The average molecular weight is 323 g/mol. The van der Waals surface area contributed by atoms with Gasteiger partial charge in [-0.3, -0.25) is 9.59 Å². The maximum Gasteiger partial charge on any atom is 0.306 e. The Balaban J connectivity index is 1.92. The van der Waals surface area contributed by atoms with Gasteiger partial charge in [-0.05, 0) is 24.3 Å². The topological polar surface area (TPSA) is 85.3 Å². The van der Waals surface area contributed by atoms with Crippen LogP contribution in [-0.2, 0) is 14.3 Å². The first kappa shape index (κ1) is 17.2. The quantitative estimate of drug-likeness (QED) is 0.754. The van der Waals surface area contributed by atoms with E-state index in [1.165, 1.54) is 0 Å². The van der Waals surface area contributed by atoms with Crippen molar-refractivity contribution < 1.29 is 28.9 Å². The predicted octanol–water partition coefficient (Wildman–Crippen LogP) is 1.03. The number of amides is 1. The smallest absolute Gasteiger partial charge is 0.306 e. The lowest BCUT2D eigenvalue weighted by atomic mass is 10.1. The van der Waals surface area contributed by atoms with Gasteiger partial charge in [0.05, 0.1) is 25.7 Å². The second kappa shape index (κ2) is 8.50. The Kier molecular flexibility index (Phi) is 6.37. The molecule has 1 aromatic rings. The number of methoxy groups -OCH3 is 1. The van der Waals surface area contributed by atoms with E-state index in [1.807, 2.05) is 0 Å². The molecular formula is C16H21NO6. The summed E-state index contributed by atoms with van der Waals surface area (Å²) in [7, 11) is 1.60. The van der Waals surface area contributed by atoms with Crippen molar-refractivity contribution in [2.75, 3.05) is 40.0 Å². The highest BCUT2D eigenvalue weighted by molar-refractivity contribution is 5.94. The number of rotatable bonds is 7. The first-order valence-electron chi connectivity index (χ1n) is 7.44. The molecule has 0 saturated carbocycles. The van der Waals surface area contributed by atoms with Crippen molar-refractivity contribution >= 4 is 11.9 Å². The van der Waals surface area contributed by atoms with Crippen molar-refractivity contribution in [2.45, 2.75) is 12.5 Å². The number of hydrogen-bond donors (Lipinski definition) is 1. The number of carbonyl (C=O) groups is 2. The van der Waals surface area contributed by atoms with Crippen LogP contribution < -0.4 is 4.74 Å². The lowest BCUT2D eigenvalue weighted by molar-refractivity contribution is -0.141. The molecule has 1 atom stereocenters. The largest absolute Gasteiger partial charge is 0.491 e. The number of hydrogen-bond acceptors (Lipinski definition) is 5. The number of aliphatic carboxylic acids is 1. The van der Waals surface area contributed by atoms with Crippen LogP contribution in [0.2, 0.25) is 0 Å². The molecule has 1 aliphatic rings. The fourth-order valence-corrected chi connectivity index (χ4v) is 2.34. The second-order valence-corrected chi connectivity index (χ2v) is 5.21. The van der Waals surface area contributed by atoms with E-state index in [2.05, 4.69) is 0 Å². The monoisotopic (exact) mass is 323 g/mol. The van der Waals surface area contributed by atoms with Crippen molar-refractivity contribution in [2.24, 2.45) is 0 Å². The van der Waals surface area contributed by atoms with Crippen LogP contribution >= 0.6 is 0 Å². The number of benzene rings is 1. The highest BCUT2D eigenvalue weighted by Gasteiger charge is 2.26. The van der Waals surface area contributed by atoms with Crippen LogP contribution in [0, 0.1) is 0 Å². The second-order valence-electron chi connectivity index (χ2n) is 5.21. The summed E-state index contributed by atoms with van der Waals surface area (Å²) in [6.07, 6.45) is -0.558. The molecule has 23 heavy (non-hydrogen) atoms. The molecule has 1 heterocycles. The summed E-state index contributed by atoms with van der Waals surface area (Å²) in [5.41, 5.74) is 0.542. The molecule has 1 N–H and O–H groups in total. The summed E-state index contributed by atoms with van der Waals surface area (Å²) < 4.78 is 15.7. The van der Waals surface area contributed by atoms with Crippen LogP contribution in [0.5, 0.6) is 5.75 Å². The molecule has 0 bridgehead atoms. The molecule has 1 amide bonds. The minimum absolute atomic E-state index is 0.101. The van der Waals surface area contributed by atoms with Gasteiger partial charge in [0.15, 0.2) is 0 Å². The van der Waals surface area contributed by atoms with Gasteiger partial charge in [0, 0.05) is 25.8 Å². The molecule has 0 radical (unpaired) electrons. The number of carboxylic acids is 1. The molecule has 7 heteroatoms. The van der Waals surface area contributed by atoms with Crippen LogP contribution in [0.4, 0.5) is 0 Å². The Labute approximate surface area is 134 Å². The predicted molar refractivity (Wildman–Crippen MR) is 81.7 cm³/mol. The number of ether oxygens (including phenoxy) is 3. The SMILES string of the molecule is COCCOc1ccc(C(=O)N2CCO[C@H](CC(=O)O)C2)cc1. The van der Waals surface area contributed by atoms with Gasteiger partial charge in [0.2, 0.25) is 0 Å². The normalized spacial score (nSPS) is 17.8. The molecular weight excluding hydrogens is 302 g/mol. The third-order valence-corrected chi connectivity index (χ3v) is 3.49. The Hall–Kier alpha value is -2.12. The van der Waals surface area contributed by atoms with Gasteiger partial charge in [-0.15, -0.1) is 0 Å². The summed E-state index contributed by atoms with van der Waals surface area (Å²) in [5, 5.41) is 8.82. The fraction of sp³-hybridized carbons (Fsp3) is 0.500. The van der Waals surface area contributed by atoms with Crippen LogP contribution in [0.1, 0.15) is 16.8 Å². The third-order valence-electron chi connectivity index (χ3n) is 3.49. The number of morpholine rings is 1. The summed E-state index contributed by atoms with van der Waals surface area (Å²) in [6, 6.07) is 6.87. The van der Waals surface area contributed by atoms with E-state index in [9.17, 15) is 9.59 Å². The summed E-state index contributed by atoms with van der Waals surface area (Å²) >= 11 is 0. The van der Waals surface area contributed by atoms with E-state index in [-0.39, 0.29) is 18.9 Å². The van der Waals surface area contributed by atoms with E-state index in [1.54, 1.807) is 36.3 Å². The van der Waals surface area contributed by atoms with Crippen LogP contribution in [0.15, 0.2) is 24.3 Å². The molecule has 1 aliphatic heterocycles. The van der Waals surface area contributed by atoms with Crippen LogP contribution in [0.25, 0.3) is 0 Å². The minimum Gasteiger partial charge on any atom is -0.491 e. The maximum absolute atomic E-state index is 12.5. The molecule has 1 saturated heterocycles. The van der Waals surface area contributed by atoms with Crippen LogP contribution in [-0.4, -0.2) is 68.0 Å². The van der Waals surface area contributed by atoms with Gasteiger partial charge in [-0.2, -0.15) is 0 Å². The summed E-state index contributed by atoms with van der Waals surface area (Å²) in [4.78, 5) is 24.8. The molecule has 0 unspecified atom stereocenters. The van der Waals surface area contributed by atoms with Crippen LogP contribution in [0.3, 0.4) is 0 Å². The lowest BCUT2D eigenvalue weighted by Gasteiger charge is -2.32. The van der Waals surface area contributed by atoms with Crippen molar-refractivity contribution in [3.63, 3.8) is 0 Å². The van der Waals surface area contributed by atoms with Gasteiger partial charge < -0.3 is 24.2 Å². The Morgan fingerprint density at radius 1 is 1.30 bits per heavy atom. The van der Waals surface area contributed by atoms with E-state index < -0.39 is 12.1 Å². The van der Waals surface area contributed by atoms with Gasteiger partial charge in [-0.25, -0.2) is 0 Å². The molecule has 2 rings (SSSR count). The Morgan fingerprint density at radius 2 is 2.04 bits per heavy atom. The van der Waals surface area contributed by atoms with Crippen molar-refractivity contribution in [1.82, 2.24) is 4.90 Å². The first-order valence-corrected chi connectivity index (χ1v) is 7.44. The van der Waals surface area contributed by atoms with E-state index >= 15 is 0 Å². The number of carbonyl (C=O) groups excluding carboxylic acids is 1. The Bertz CT molecular complexity index is 530. The lowest BCUT2D eigenvalue weighted by Crippen LogP contribution is -2.46. The maximum atomic E-state index is 12.5. The van der Waals surface area contributed by atoms with Crippen molar-refractivity contribution in [3.8, 4) is 5.75 Å². The molecule has 0 spiro atoms. The van der Waals surface area contributed by atoms with Gasteiger partial charge >= 0.3 is 5.97 Å². The van der Waals surface area contributed by atoms with Gasteiger partial charge in [-0.1, -0.05) is 0 Å². The summed E-state index contributed by atoms with van der Waals surface area (Å²) in [5.74, 6) is -0.390.